The molecule has 25 heavy (non-hydrogen) atoms. The summed E-state index contributed by atoms with van der Waals surface area (Å²) in [5, 5.41) is 10.9. The van der Waals surface area contributed by atoms with Gasteiger partial charge in [-0.25, -0.2) is 4.39 Å². The number of piperazine rings is 1. The summed E-state index contributed by atoms with van der Waals surface area (Å²) in [6, 6.07) is 13.3. The van der Waals surface area contributed by atoms with Crippen LogP contribution in [0.15, 0.2) is 48.5 Å². The van der Waals surface area contributed by atoms with Crippen molar-refractivity contribution in [2.45, 2.75) is 6.10 Å². The van der Waals surface area contributed by atoms with Crippen molar-refractivity contribution >= 4 is 17.5 Å². The van der Waals surface area contributed by atoms with Crippen molar-refractivity contribution in [3.8, 4) is 0 Å². The number of amides is 1. The highest BCUT2D eigenvalue weighted by Gasteiger charge is 2.25. The monoisotopic (exact) mass is 362 g/mol. The first-order valence-corrected chi connectivity index (χ1v) is 8.62. The quantitative estimate of drug-likeness (QED) is 0.909. The second kappa shape index (κ2) is 7.95. The third kappa shape index (κ3) is 4.18. The number of nitrogens with zero attached hydrogens (tertiary/aromatic N) is 2. The Morgan fingerprint density at radius 2 is 1.72 bits per heavy atom. The third-order valence-electron chi connectivity index (χ3n) is 4.46. The fourth-order valence-corrected chi connectivity index (χ4v) is 3.29. The van der Waals surface area contributed by atoms with Gasteiger partial charge >= 0.3 is 0 Å². The number of hydrogen-bond acceptors (Lipinski definition) is 3. The second-order valence-electron chi connectivity index (χ2n) is 6.11. The van der Waals surface area contributed by atoms with Crippen LogP contribution in [0.3, 0.4) is 0 Å². The Hall–Kier alpha value is -1.95. The summed E-state index contributed by atoms with van der Waals surface area (Å²) in [5.41, 5.74) is 0.807. The van der Waals surface area contributed by atoms with Crippen molar-refractivity contribution in [3.63, 3.8) is 0 Å². The maximum atomic E-state index is 13.8. The first kappa shape index (κ1) is 17.9. The molecule has 1 saturated heterocycles. The highest BCUT2D eigenvalue weighted by atomic mass is 35.5. The summed E-state index contributed by atoms with van der Waals surface area (Å²) in [5.74, 6) is -0.784. The molecule has 1 fully saturated rings. The van der Waals surface area contributed by atoms with E-state index in [-0.39, 0.29) is 11.5 Å². The fourth-order valence-electron chi connectivity index (χ4n) is 3.03. The molecule has 1 aliphatic heterocycles. The van der Waals surface area contributed by atoms with Crippen LogP contribution < -0.4 is 0 Å². The molecule has 1 atom stereocenters. The van der Waals surface area contributed by atoms with Crippen molar-refractivity contribution in [1.82, 2.24) is 9.80 Å². The summed E-state index contributed by atoms with van der Waals surface area (Å²) in [4.78, 5) is 16.1. The van der Waals surface area contributed by atoms with E-state index >= 15 is 0 Å². The second-order valence-corrected chi connectivity index (χ2v) is 6.52. The SMILES string of the molecule is O=C(c1ccccc1F)N1CCN(C[C@H](O)c2ccccc2Cl)CC1. The van der Waals surface area contributed by atoms with Gasteiger partial charge in [0.15, 0.2) is 0 Å². The summed E-state index contributed by atoms with van der Waals surface area (Å²) < 4.78 is 13.8. The van der Waals surface area contributed by atoms with Crippen LogP contribution in [0.1, 0.15) is 22.0 Å². The van der Waals surface area contributed by atoms with Gasteiger partial charge in [0.05, 0.1) is 11.7 Å². The van der Waals surface area contributed by atoms with E-state index in [9.17, 15) is 14.3 Å². The van der Waals surface area contributed by atoms with Gasteiger partial charge in [0.2, 0.25) is 0 Å². The lowest BCUT2D eigenvalue weighted by Crippen LogP contribution is -2.49. The molecule has 0 aromatic heterocycles. The topological polar surface area (TPSA) is 43.8 Å². The average molecular weight is 363 g/mol. The Balaban J connectivity index is 1.56. The summed E-state index contributed by atoms with van der Waals surface area (Å²) in [7, 11) is 0. The number of halogens is 2. The van der Waals surface area contributed by atoms with Gasteiger partial charge in [0.1, 0.15) is 5.82 Å². The van der Waals surface area contributed by atoms with E-state index in [1.165, 1.54) is 12.1 Å². The number of aliphatic hydroxyl groups is 1. The zero-order chi connectivity index (χ0) is 17.8. The zero-order valence-electron chi connectivity index (χ0n) is 13.7. The smallest absolute Gasteiger partial charge is 0.256 e. The Bertz CT molecular complexity index is 748. The highest BCUT2D eigenvalue weighted by molar-refractivity contribution is 6.31. The fraction of sp³-hybridized carbons (Fsp3) is 0.316. The Kier molecular flexibility index (Phi) is 5.68. The van der Waals surface area contributed by atoms with Crippen LogP contribution in [0.2, 0.25) is 5.02 Å². The highest BCUT2D eigenvalue weighted by Crippen LogP contribution is 2.23. The van der Waals surface area contributed by atoms with E-state index in [4.69, 9.17) is 11.6 Å². The third-order valence-corrected chi connectivity index (χ3v) is 4.80. The first-order valence-electron chi connectivity index (χ1n) is 8.25. The van der Waals surface area contributed by atoms with Gasteiger partial charge in [-0.2, -0.15) is 0 Å². The van der Waals surface area contributed by atoms with Gasteiger partial charge in [-0.1, -0.05) is 41.9 Å². The minimum absolute atomic E-state index is 0.104. The molecule has 6 heteroatoms. The van der Waals surface area contributed by atoms with Gasteiger partial charge in [-0.3, -0.25) is 9.69 Å². The number of aliphatic hydroxyl groups excluding tert-OH is 1. The molecule has 1 N–H and O–H groups in total. The molecule has 1 heterocycles. The standard InChI is InChI=1S/C19H20ClFN2O2/c20-16-7-3-1-5-14(16)18(24)13-22-9-11-23(12-10-22)19(25)15-6-2-4-8-17(15)21/h1-8,18,24H,9-13H2/t18-/m0/s1. The van der Waals surface area contributed by atoms with Crippen LogP contribution in [-0.2, 0) is 0 Å². The molecule has 0 radical (unpaired) electrons. The molecular weight excluding hydrogens is 343 g/mol. The maximum Gasteiger partial charge on any atom is 0.256 e. The van der Waals surface area contributed by atoms with Crippen molar-refractivity contribution < 1.29 is 14.3 Å². The Labute approximate surface area is 151 Å². The lowest BCUT2D eigenvalue weighted by atomic mass is 10.1. The number of rotatable bonds is 4. The summed E-state index contributed by atoms with van der Waals surface area (Å²) >= 11 is 6.12. The van der Waals surface area contributed by atoms with Gasteiger partial charge in [-0.05, 0) is 18.2 Å². The number of carbonyl (C=O) groups excluding carboxylic acids is 1. The Morgan fingerprint density at radius 3 is 2.40 bits per heavy atom. The number of β-amino-alcohol motifs (C(OH)–C–C–N with tert-alkyl or cyclic N) is 1. The molecule has 1 aliphatic rings. The molecule has 2 aromatic rings. The average Bonchev–Trinajstić information content (AvgIpc) is 2.62. The lowest BCUT2D eigenvalue weighted by molar-refractivity contribution is 0.0524. The van der Waals surface area contributed by atoms with Crippen LogP contribution in [0.25, 0.3) is 0 Å². The summed E-state index contributed by atoms with van der Waals surface area (Å²) in [6.45, 7) is 2.71. The molecule has 0 aliphatic carbocycles. The van der Waals surface area contributed by atoms with Crippen LogP contribution >= 0.6 is 11.6 Å². The molecule has 132 valence electrons. The van der Waals surface area contributed by atoms with Crippen molar-refractivity contribution in [3.05, 3.63) is 70.5 Å². The summed E-state index contributed by atoms with van der Waals surface area (Å²) in [6.07, 6.45) is -0.678. The molecule has 0 saturated carbocycles. The van der Waals surface area contributed by atoms with Crippen LogP contribution in [0, 0.1) is 5.82 Å². The van der Waals surface area contributed by atoms with Gasteiger partial charge in [-0.15, -0.1) is 0 Å². The molecule has 4 nitrogen and oxygen atoms in total. The van der Waals surface area contributed by atoms with E-state index in [0.29, 0.717) is 43.3 Å². The van der Waals surface area contributed by atoms with E-state index in [1.807, 2.05) is 18.2 Å². The molecule has 0 bridgehead atoms. The normalized spacial score (nSPS) is 16.7. The molecule has 0 unspecified atom stereocenters. The van der Waals surface area contributed by atoms with E-state index in [2.05, 4.69) is 4.90 Å². The number of hydrogen-bond donors (Lipinski definition) is 1. The van der Waals surface area contributed by atoms with E-state index in [0.717, 1.165) is 0 Å². The molecule has 1 amide bonds. The Morgan fingerprint density at radius 1 is 1.08 bits per heavy atom. The van der Waals surface area contributed by atoms with E-state index < -0.39 is 11.9 Å². The molecule has 2 aromatic carbocycles. The predicted molar refractivity (Wildman–Crippen MR) is 95.2 cm³/mol. The maximum absolute atomic E-state index is 13.8. The van der Waals surface area contributed by atoms with Crippen molar-refractivity contribution in [2.75, 3.05) is 32.7 Å². The van der Waals surface area contributed by atoms with Gasteiger partial charge < -0.3 is 10.0 Å². The molecular formula is C19H20ClFN2O2. The predicted octanol–water partition coefficient (Wildman–Crippen LogP) is 2.97. The largest absolute Gasteiger partial charge is 0.387 e. The van der Waals surface area contributed by atoms with Crippen LogP contribution in [0.4, 0.5) is 4.39 Å². The lowest BCUT2D eigenvalue weighted by Gasteiger charge is -2.35. The van der Waals surface area contributed by atoms with Crippen LogP contribution in [0.5, 0.6) is 0 Å². The van der Waals surface area contributed by atoms with Crippen molar-refractivity contribution in [1.29, 1.82) is 0 Å². The minimum Gasteiger partial charge on any atom is -0.387 e. The molecule has 0 spiro atoms. The zero-order valence-corrected chi connectivity index (χ0v) is 14.5. The minimum atomic E-state index is -0.678. The number of carbonyl (C=O) groups is 1. The van der Waals surface area contributed by atoms with Crippen LogP contribution in [-0.4, -0.2) is 53.5 Å². The van der Waals surface area contributed by atoms with Crippen molar-refractivity contribution in [2.24, 2.45) is 0 Å². The van der Waals surface area contributed by atoms with Gasteiger partial charge in [0.25, 0.3) is 5.91 Å². The number of benzene rings is 2. The van der Waals surface area contributed by atoms with E-state index in [1.54, 1.807) is 23.1 Å². The molecule has 3 rings (SSSR count). The van der Waals surface area contributed by atoms with Gasteiger partial charge in [0, 0.05) is 43.3 Å². The first-order chi connectivity index (χ1) is 12.1.